The van der Waals surface area contributed by atoms with E-state index in [0.717, 1.165) is 25.2 Å². The standard InChI is InChI=1S/C15H22FN3/c1-18-11-5-6-12(18)10-19(8-7-11)15-4-2-3-14(16)13(15)9-17/h2-4,11-12H,5-10,17H2,1H3. The zero-order valence-corrected chi connectivity index (χ0v) is 11.5. The van der Waals surface area contributed by atoms with Crippen molar-refractivity contribution in [2.45, 2.75) is 37.9 Å². The highest BCUT2D eigenvalue weighted by molar-refractivity contribution is 5.54. The van der Waals surface area contributed by atoms with Gasteiger partial charge in [-0.2, -0.15) is 0 Å². The first-order valence-electron chi connectivity index (χ1n) is 7.15. The van der Waals surface area contributed by atoms with Gasteiger partial charge < -0.3 is 10.6 Å². The van der Waals surface area contributed by atoms with E-state index in [1.807, 2.05) is 6.07 Å². The molecule has 0 amide bonds. The number of hydrogen-bond acceptors (Lipinski definition) is 3. The molecule has 1 aromatic carbocycles. The fourth-order valence-corrected chi connectivity index (χ4v) is 3.57. The summed E-state index contributed by atoms with van der Waals surface area (Å²) in [5, 5.41) is 0. The first-order valence-corrected chi connectivity index (χ1v) is 7.15. The molecule has 2 heterocycles. The fourth-order valence-electron chi connectivity index (χ4n) is 3.57. The maximum atomic E-state index is 13.9. The molecular formula is C15H22FN3. The Hall–Kier alpha value is -1.13. The molecule has 3 rings (SSSR count). The van der Waals surface area contributed by atoms with E-state index in [9.17, 15) is 4.39 Å². The molecule has 1 aromatic rings. The van der Waals surface area contributed by atoms with Gasteiger partial charge in [0.1, 0.15) is 5.82 Å². The molecule has 0 aliphatic carbocycles. The Kier molecular flexibility index (Phi) is 3.46. The Morgan fingerprint density at radius 1 is 1.26 bits per heavy atom. The van der Waals surface area contributed by atoms with E-state index >= 15 is 0 Å². The molecule has 2 saturated heterocycles. The van der Waals surface area contributed by atoms with Crippen molar-refractivity contribution >= 4 is 5.69 Å². The van der Waals surface area contributed by atoms with Crippen LogP contribution in [0.3, 0.4) is 0 Å². The van der Waals surface area contributed by atoms with Gasteiger partial charge >= 0.3 is 0 Å². The number of nitrogens with two attached hydrogens (primary N) is 1. The maximum absolute atomic E-state index is 13.9. The number of hydrogen-bond donors (Lipinski definition) is 1. The Morgan fingerprint density at radius 2 is 2.05 bits per heavy atom. The van der Waals surface area contributed by atoms with Crippen LogP contribution < -0.4 is 10.6 Å². The van der Waals surface area contributed by atoms with Crippen LogP contribution in [-0.2, 0) is 6.54 Å². The van der Waals surface area contributed by atoms with Crippen molar-refractivity contribution in [2.75, 3.05) is 25.0 Å². The van der Waals surface area contributed by atoms with Gasteiger partial charge in [-0.1, -0.05) is 6.07 Å². The van der Waals surface area contributed by atoms with Crippen LogP contribution in [0.4, 0.5) is 10.1 Å². The number of fused-ring (bicyclic) bond motifs is 2. The molecule has 0 radical (unpaired) electrons. The van der Waals surface area contributed by atoms with E-state index in [1.165, 1.54) is 18.9 Å². The molecule has 3 nitrogen and oxygen atoms in total. The third kappa shape index (κ3) is 2.23. The summed E-state index contributed by atoms with van der Waals surface area (Å²) in [6.45, 7) is 2.26. The molecule has 2 aliphatic heterocycles. The van der Waals surface area contributed by atoms with Crippen LogP contribution >= 0.6 is 0 Å². The van der Waals surface area contributed by atoms with Crippen molar-refractivity contribution in [2.24, 2.45) is 5.73 Å². The van der Waals surface area contributed by atoms with Crippen molar-refractivity contribution < 1.29 is 4.39 Å². The minimum atomic E-state index is -0.178. The summed E-state index contributed by atoms with van der Waals surface area (Å²) >= 11 is 0. The van der Waals surface area contributed by atoms with Crippen LogP contribution in [0.15, 0.2) is 18.2 Å². The second-order valence-corrected chi connectivity index (χ2v) is 5.73. The number of rotatable bonds is 2. The molecular weight excluding hydrogens is 241 g/mol. The summed E-state index contributed by atoms with van der Waals surface area (Å²) in [6.07, 6.45) is 3.72. The average Bonchev–Trinajstić information content (AvgIpc) is 2.63. The minimum absolute atomic E-state index is 0.178. The summed E-state index contributed by atoms with van der Waals surface area (Å²) in [6, 6.07) is 6.59. The normalized spacial score (nSPS) is 27.6. The van der Waals surface area contributed by atoms with Crippen LogP contribution in [0, 0.1) is 5.82 Å². The zero-order chi connectivity index (χ0) is 13.4. The number of likely N-dealkylation sites (N-methyl/N-ethyl adjacent to an activating group) is 1. The largest absolute Gasteiger partial charge is 0.370 e. The Balaban J connectivity index is 1.89. The number of halogens is 1. The quantitative estimate of drug-likeness (QED) is 0.885. The lowest BCUT2D eigenvalue weighted by Crippen LogP contribution is -2.37. The molecule has 0 saturated carbocycles. The van der Waals surface area contributed by atoms with Crippen molar-refractivity contribution in [1.29, 1.82) is 0 Å². The molecule has 2 unspecified atom stereocenters. The smallest absolute Gasteiger partial charge is 0.129 e. The van der Waals surface area contributed by atoms with E-state index in [-0.39, 0.29) is 12.4 Å². The van der Waals surface area contributed by atoms with Gasteiger partial charge in [0.15, 0.2) is 0 Å². The summed E-state index contributed by atoms with van der Waals surface area (Å²) < 4.78 is 13.9. The zero-order valence-electron chi connectivity index (χ0n) is 11.5. The Morgan fingerprint density at radius 3 is 2.84 bits per heavy atom. The number of nitrogens with zero attached hydrogens (tertiary/aromatic N) is 2. The third-order valence-corrected chi connectivity index (χ3v) is 4.79. The van der Waals surface area contributed by atoms with E-state index < -0.39 is 0 Å². The molecule has 19 heavy (non-hydrogen) atoms. The number of anilines is 1. The van der Waals surface area contributed by atoms with Gasteiger partial charge in [0.05, 0.1) is 0 Å². The molecule has 2 N–H and O–H groups in total. The topological polar surface area (TPSA) is 32.5 Å². The SMILES string of the molecule is CN1C2CCC1CN(c1cccc(F)c1CN)CC2. The van der Waals surface area contributed by atoms with Crippen LogP contribution in [-0.4, -0.2) is 37.1 Å². The number of benzene rings is 1. The van der Waals surface area contributed by atoms with Gasteiger partial charge in [0.2, 0.25) is 0 Å². The van der Waals surface area contributed by atoms with Crippen LogP contribution in [0.5, 0.6) is 0 Å². The Bertz CT molecular complexity index is 463. The molecule has 4 heteroatoms. The lowest BCUT2D eigenvalue weighted by molar-refractivity contribution is 0.254. The highest BCUT2D eigenvalue weighted by Gasteiger charge is 2.35. The predicted molar refractivity (Wildman–Crippen MR) is 75.7 cm³/mol. The lowest BCUT2D eigenvalue weighted by atomic mass is 10.1. The lowest BCUT2D eigenvalue weighted by Gasteiger charge is -2.29. The second-order valence-electron chi connectivity index (χ2n) is 5.73. The predicted octanol–water partition coefficient (Wildman–Crippen LogP) is 1.96. The molecule has 2 aliphatic rings. The molecule has 2 fully saturated rings. The van der Waals surface area contributed by atoms with Crippen LogP contribution in [0.2, 0.25) is 0 Å². The molecule has 0 aromatic heterocycles. The van der Waals surface area contributed by atoms with Gasteiger partial charge in [-0.05, 0) is 38.4 Å². The van der Waals surface area contributed by atoms with E-state index in [2.05, 4.69) is 16.8 Å². The second kappa shape index (κ2) is 5.10. The summed E-state index contributed by atoms with van der Waals surface area (Å²) in [5.41, 5.74) is 7.37. The summed E-state index contributed by atoms with van der Waals surface area (Å²) in [7, 11) is 2.22. The van der Waals surface area contributed by atoms with Gasteiger partial charge in [-0.3, -0.25) is 4.90 Å². The van der Waals surface area contributed by atoms with Crippen LogP contribution in [0.1, 0.15) is 24.8 Å². The first kappa shape index (κ1) is 12.9. The summed E-state index contributed by atoms with van der Waals surface area (Å²) in [5.74, 6) is -0.178. The van der Waals surface area contributed by atoms with E-state index in [0.29, 0.717) is 17.6 Å². The van der Waals surface area contributed by atoms with Crippen molar-refractivity contribution in [3.05, 3.63) is 29.6 Å². The average molecular weight is 263 g/mol. The van der Waals surface area contributed by atoms with E-state index in [1.54, 1.807) is 6.07 Å². The summed E-state index contributed by atoms with van der Waals surface area (Å²) in [4.78, 5) is 4.83. The maximum Gasteiger partial charge on any atom is 0.129 e. The monoisotopic (exact) mass is 263 g/mol. The van der Waals surface area contributed by atoms with Gasteiger partial charge in [-0.25, -0.2) is 4.39 Å². The van der Waals surface area contributed by atoms with Crippen molar-refractivity contribution in [1.82, 2.24) is 4.90 Å². The highest BCUT2D eigenvalue weighted by atomic mass is 19.1. The fraction of sp³-hybridized carbons (Fsp3) is 0.600. The van der Waals surface area contributed by atoms with Gasteiger partial charge in [0.25, 0.3) is 0 Å². The molecule has 0 spiro atoms. The van der Waals surface area contributed by atoms with E-state index in [4.69, 9.17) is 5.73 Å². The first-order chi connectivity index (χ1) is 9.20. The molecule has 2 bridgehead atoms. The van der Waals surface area contributed by atoms with Gasteiger partial charge in [0, 0.05) is 43.0 Å². The highest BCUT2D eigenvalue weighted by Crippen LogP contribution is 2.32. The molecule has 104 valence electrons. The molecule has 2 atom stereocenters. The van der Waals surface area contributed by atoms with Crippen molar-refractivity contribution in [3.8, 4) is 0 Å². The minimum Gasteiger partial charge on any atom is -0.370 e. The third-order valence-electron chi connectivity index (χ3n) is 4.79. The van der Waals surface area contributed by atoms with Gasteiger partial charge in [-0.15, -0.1) is 0 Å². The van der Waals surface area contributed by atoms with Crippen molar-refractivity contribution in [3.63, 3.8) is 0 Å². The van der Waals surface area contributed by atoms with Crippen LogP contribution in [0.25, 0.3) is 0 Å². The Labute approximate surface area is 114 Å².